The molecule has 0 heterocycles. The molecule has 0 radical (unpaired) electrons. The molecular weight excluding hydrogens is 227 g/mol. The van der Waals surface area contributed by atoms with Crippen molar-refractivity contribution in [2.45, 2.75) is 19.1 Å². The normalized spacial score (nSPS) is 14.1. The van der Waals surface area contributed by atoms with E-state index in [9.17, 15) is 9.18 Å². The third kappa shape index (κ3) is 3.69. The number of carbonyl (C=O) groups excluding carboxylic acids is 1. The van der Waals surface area contributed by atoms with Crippen molar-refractivity contribution in [1.82, 2.24) is 5.32 Å². The fourth-order valence-electron chi connectivity index (χ4n) is 1.16. The predicted molar refractivity (Wildman–Crippen MR) is 60.1 cm³/mol. The average molecular weight is 242 g/mol. The van der Waals surface area contributed by atoms with Crippen LogP contribution in [-0.4, -0.2) is 34.8 Å². The molecule has 0 aliphatic rings. The lowest BCUT2D eigenvalue weighted by Crippen LogP contribution is -2.43. The van der Waals surface area contributed by atoms with Crippen LogP contribution in [0.1, 0.15) is 17.3 Å². The first-order chi connectivity index (χ1) is 7.91. The number of phenols is 1. The van der Waals surface area contributed by atoms with Crippen LogP contribution in [0.2, 0.25) is 0 Å². The van der Waals surface area contributed by atoms with Crippen molar-refractivity contribution in [3.05, 3.63) is 29.6 Å². The van der Waals surface area contributed by atoms with Gasteiger partial charge in [0.2, 0.25) is 0 Å². The van der Waals surface area contributed by atoms with Gasteiger partial charge in [-0.3, -0.25) is 4.79 Å². The Morgan fingerprint density at radius 1 is 1.59 bits per heavy atom. The number of hydrogen-bond acceptors (Lipinski definition) is 4. The van der Waals surface area contributed by atoms with Gasteiger partial charge < -0.3 is 21.3 Å². The van der Waals surface area contributed by atoms with E-state index in [1.807, 2.05) is 0 Å². The van der Waals surface area contributed by atoms with E-state index in [0.29, 0.717) is 0 Å². The van der Waals surface area contributed by atoms with Crippen molar-refractivity contribution in [2.24, 2.45) is 5.73 Å². The Balaban J connectivity index is 2.64. The average Bonchev–Trinajstić information content (AvgIpc) is 2.25. The minimum absolute atomic E-state index is 0.0385. The van der Waals surface area contributed by atoms with Gasteiger partial charge in [-0.25, -0.2) is 4.39 Å². The van der Waals surface area contributed by atoms with E-state index in [0.717, 1.165) is 6.07 Å². The Kier molecular flexibility index (Phi) is 4.42. The molecule has 0 aliphatic heterocycles. The molecule has 2 atom stereocenters. The number of carbonyl (C=O) groups is 1. The molecule has 0 spiro atoms. The van der Waals surface area contributed by atoms with Gasteiger partial charge in [0.1, 0.15) is 11.6 Å². The van der Waals surface area contributed by atoms with Gasteiger partial charge in [0.05, 0.1) is 11.7 Å². The summed E-state index contributed by atoms with van der Waals surface area (Å²) in [5.74, 6) is -1.70. The Hall–Kier alpha value is -1.66. The molecule has 0 aliphatic carbocycles. The van der Waals surface area contributed by atoms with Gasteiger partial charge in [-0.2, -0.15) is 0 Å². The van der Waals surface area contributed by atoms with Crippen LogP contribution in [0.25, 0.3) is 0 Å². The maximum absolute atomic E-state index is 13.3. The number of aliphatic hydroxyl groups excluding tert-OH is 1. The second-order valence-electron chi connectivity index (χ2n) is 3.78. The molecule has 94 valence electrons. The van der Waals surface area contributed by atoms with Crippen LogP contribution >= 0.6 is 0 Å². The van der Waals surface area contributed by atoms with E-state index in [1.54, 1.807) is 0 Å². The second-order valence-corrected chi connectivity index (χ2v) is 3.78. The Morgan fingerprint density at radius 2 is 2.24 bits per heavy atom. The van der Waals surface area contributed by atoms with Crippen LogP contribution < -0.4 is 11.1 Å². The minimum Gasteiger partial charge on any atom is -0.508 e. The lowest BCUT2D eigenvalue weighted by Gasteiger charge is -2.15. The molecule has 17 heavy (non-hydrogen) atoms. The summed E-state index contributed by atoms with van der Waals surface area (Å²) in [6, 6.07) is 2.63. The zero-order valence-corrected chi connectivity index (χ0v) is 9.35. The van der Waals surface area contributed by atoms with Gasteiger partial charge in [0.25, 0.3) is 5.91 Å². The second kappa shape index (κ2) is 5.60. The molecule has 5 nitrogen and oxygen atoms in total. The number of halogens is 1. The van der Waals surface area contributed by atoms with Crippen molar-refractivity contribution in [2.75, 3.05) is 6.54 Å². The zero-order valence-electron chi connectivity index (χ0n) is 9.35. The van der Waals surface area contributed by atoms with Crippen LogP contribution in [0.3, 0.4) is 0 Å². The molecule has 1 aromatic carbocycles. The summed E-state index contributed by atoms with van der Waals surface area (Å²) in [7, 11) is 0. The number of amides is 1. The van der Waals surface area contributed by atoms with E-state index in [-0.39, 0.29) is 17.9 Å². The van der Waals surface area contributed by atoms with E-state index in [2.05, 4.69) is 5.32 Å². The molecule has 1 aromatic rings. The summed E-state index contributed by atoms with van der Waals surface area (Å²) < 4.78 is 13.3. The monoisotopic (exact) mass is 242 g/mol. The number of aliphatic hydroxyl groups is 1. The topological polar surface area (TPSA) is 95.6 Å². The first-order valence-electron chi connectivity index (χ1n) is 5.12. The predicted octanol–water partition coefficient (Wildman–Crippen LogP) is -0.0308. The molecular formula is C11H15FN2O3. The molecule has 0 fully saturated rings. The highest BCUT2D eigenvalue weighted by Gasteiger charge is 2.15. The van der Waals surface area contributed by atoms with Crippen molar-refractivity contribution in [3.63, 3.8) is 0 Å². The van der Waals surface area contributed by atoms with Gasteiger partial charge in [0.15, 0.2) is 0 Å². The molecule has 6 heteroatoms. The lowest BCUT2D eigenvalue weighted by atomic mass is 10.1. The van der Waals surface area contributed by atoms with Crippen LogP contribution in [0.15, 0.2) is 18.2 Å². The van der Waals surface area contributed by atoms with E-state index in [4.69, 9.17) is 15.9 Å². The Bertz CT molecular complexity index is 410. The molecule has 1 amide bonds. The molecule has 0 bridgehead atoms. The summed E-state index contributed by atoms with van der Waals surface area (Å²) in [5.41, 5.74) is 5.33. The number of benzene rings is 1. The number of phenolic OH excluding ortho intramolecular Hbond substituents is 1. The number of nitrogens with two attached hydrogens (primary N) is 1. The number of aromatic hydroxyl groups is 1. The first-order valence-corrected chi connectivity index (χ1v) is 5.12. The van der Waals surface area contributed by atoms with Gasteiger partial charge in [-0.15, -0.1) is 0 Å². The fraction of sp³-hybridized carbons (Fsp3) is 0.364. The minimum atomic E-state index is -0.812. The van der Waals surface area contributed by atoms with Crippen molar-refractivity contribution >= 4 is 5.91 Å². The molecule has 0 aromatic heterocycles. The lowest BCUT2D eigenvalue weighted by molar-refractivity contribution is 0.0933. The Morgan fingerprint density at radius 3 is 2.76 bits per heavy atom. The van der Waals surface area contributed by atoms with E-state index in [1.165, 1.54) is 19.1 Å². The van der Waals surface area contributed by atoms with Crippen molar-refractivity contribution in [3.8, 4) is 5.75 Å². The summed E-state index contributed by atoms with van der Waals surface area (Å²) >= 11 is 0. The van der Waals surface area contributed by atoms with E-state index < -0.39 is 23.9 Å². The van der Waals surface area contributed by atoms with E-state index >= 15 is 0 Å². The van der Waals surface area contributed by atoms with Crippen molar-refractivity contribution < 1.29 is 19.4 Å². The van der Waals surface area contributed by atoms with Crippen LogP contribution in [-0.2, 0) is 0 Å². The molecule has 0 saturated carbocycles. The summed E-state index contributed by atoms with van der Waals surface area (Å²) in [6.45, 7) is 1.54. The smallest absolute Gasteiger partial charge is 0.254 e. The molecule has 0 saturated heterocycles. The highest BCUT2D eigenvalue weighted by molar-refractivity contribution is 5.94. The standard InChI is InChI=1S/C11H15FN2O3/c1-6(15)10(13)5-14-11(17)8-3-2-7(16)4-9(8)12/h2-4,6,10,15-16H,5,13H2,1H3,(H,14,17). The van der Waals surface area contributed by atoms with Crippen LogP contribution in [0.5, 0.6) is 5.75 Å². The van der Waals surface area contributed by atoms with Gasteiger partial charge in [0, 0.05) is 18.7 Å². The molecule has 5 N–H and O–H groups in total. The fourth-order valence-corrected chi connectivity index (χ4v) is 1.16. The molecule has 2 unspecified atom stereocenters. The Labute approximate surface area is 98.1 Å². The van der Waals surface area contributed by atoms with Gasteiger partial charge in [-0.1, -0.05) is 0 Å². The third-order valence-corrected chi connectivity index (χ3v) is 2.32. The van der Waals surface area contributed by atoms with Crippen LogP contribution in [0, 0.1) is 5.82 Å². The maximum atomic E-state index is 13.3. The molecule has 1 rings (SSSR count). The summed E-state index contributed by atoms with van der Waals surface area (Å²) in [5, 5.41) is 20.5. The third-order valence-electron chi connectivity index (χ3n) is 2.32. The van der Waals surface area contributed by atoms with Crippen LogP contribution in [0.4, 0.5) is 4.39 Å². The number of nitrogens with one attached hydrogen (secondary N) is 1. The SMILES string of the molecule is CC(O)C(N)CNC(=O)c1ccc(O)cc1F. The quantitative estimate of drug-likeness (QED) is 0.596. The van der Waals surface area contributed by atoms with Gasteiger partial charge >= 0.3 is 0 Å². The maximum Gasteiger partial charge on any atom is 0.254 e. The zero-order chi connectivity index (χ0) is 13.0. The number of rotatable bonds is 4. The summed E-state index contributed by atoms with van der Waals surface area (Å²) in [4.78, 5) is 11.5. The highest BCUT2D eigenvalue weighted by atomic mass is 19.1. The number of hydrogen-bond donors (Lipinski definition) is 4. The highest BCUT2D eigenvalue weighted by Crippen LogP contribution is 2.14. The largest absolute Gasteiger partial charge is 0.508 e. The van der Waals surface area contributed by atoms with Crippen molar-refractivity contribution in [1.29, 1.82) is 0 Å². The summed E-state index contributed by atoms with van der Waals surface area (Å²) in [6.07, 6.45) is -0.764. The first kappa shape index (κ1) is 13.4. The van der Waals surface area contributed by atoms with Gasteiger partial charge in [-0.05, 0) is 19.1 Å².